The predicted molar refractivity (Wildman–Crippen MR) is 69.5 cm³/mol. The Morgan fingerprint density at radius 3 is 2.87 bits per heavy atom. The van der Waals surface area contributed by atoms with Crippen LogP contribution in [0, 0.1) is 6.92 Å². The van der Waals surface area contributed by atoms with Gasteiger partial charge in [0.1, 0.15) is 0 Å². The molecule has 1 nitrogen and oxygen atoms in total. The molecule has 1 heterocycles. The number of pyridine rings is 1. The third kappa shape index (κ3) is 4.78. The summed E-state index contributed by atoms with van der Waals surface area (Å²) >= 11 is 3.74. The minimum atomic E-state index is 0.581. The largest absolute Gasteiger partial charge is 0.261 e. The molecule has 84 valence electrons. The highest BCUT2D eigenvalue weighted by atomic mass is 79.9. The molecule has 1 aromatic rings. The first kappa shape index (κ1) is 12.7. The van der Waals surface area contributed by atoms with E-state index < -0.39 is 0 Å². The van der Waals surface area contributed by atoms with Gasteiger partial charge in [0.05, 0.1) is 0 Å². The van der Waals surface area contributed by atoms with E-state index in [4.69, 9.17) is 0 Å². The summed E-state index contributed by atoms with van der Waals surface area (Å²) in [4.78, 5) is 5.00. The van der Waals surface area contributed by atoms with Gasteiger partial charge in [-0.2, -0.15) is 0 Å². The highest BCUT2D eigenvalue weighted by Gasteiger charge is 2.07. The van der Waals surface area contributed by atoms with Crippen LogP contribution in [-0.4, -0.2) is 9.81 Å². The standard InChI is InChI=1S/C13H20BrN/c1-3-4-5-8-12(14)10-13-11(2)7-6-9-15-13/h6-7,9,12H,3-5,8,10H2,1-2H3. The van der Waals surface area contributed by atoms with Crippen molar-refractivity contribution in [3.63, 3.8) is 0 Å². The van der Waals surface area contributed by atoms with Gasteiger partial charge in [0.15, 0.2) is 0 Å². The molecule has 0 aliphatic carbocycles. The molecule has 1 unspecified atom stereocenters. The molecule has 0 saturated carbocycles. The lowest BCUT2D eigenvalue weighted by atomic mass is 10.1. The van der Waals surface area contributed by atoms with Gasteiger partial charge in [-0.3, -0.25) is 4.98 Å². The summed E-state index contributed by atoms with van der Waals surface area (Å²) in [6.45, 7) is 4.38. The van der Waals surface area contributed by atoms with Crippen molar-refractivity contribution in [2.24, 2.45) is 0 Å². The minimum Gasteiger partial charge on any atom is -0.261 e. The number of aryl methyl sites for hydroxylation is 1. The molecule has 1 aromatic heterocycles. The highest BCUT2D eigenvalue weighted by molar-refractivity contribution is 9.09. The molecule has 0 saturated heterocycles. The van der Waals surface area contributed by atoms with Gasteiger partial charge in [-0.05, 0) is 25.0 Å². The number of hydrogen-bond acceptors (Lipinski definition) is 1. The number of unbranched alkanes of at least 4 members (excludes halogenated alkanes) is 2. The topological polar surface area (TPSA) is 12.9 Å². The molecule has 0 aromatic carbocycles. The predicted octanol–water partition coefficient (Wildman–Crippen LogP) is 4.28. The van der Waals surface area contributed by atoms with E-state index in [1.54, 1.807) is 0 Å². The summed E-state index contributed by atoms with van der Waals surface area (Å²) in [6, 6.07) is 4.13. The number of nitrogens with zero attached hydrogens (tertiary/aromatic N) is 1. The van der Waals surface area contributed by atoms with Crippen LogP contribution >= 0.6 is 15.9 Å². The zero-order valence-corrected chi connectivity index (χ0v) is 11.3. The maximum Gasteiger partial charge on any atom is 0.0443 e. The molecular formula is C13H20BrN. The van der Waals surface area contributed by atoms with Crippen molar-refractivity contribution in [3.8, 4) is 0 Å². The van der Waals surface area contributed by atoms with Crippen LogP contribution in [0.15, 0.2) is 18.3 Å². The SMILES string of the molecule is CCCCCC(Br)Cc1ncccc1C. The molecule has 2 heteroatoms. The van der Waals surface area contributed by atoms with Crippen LogP contribution in [0.5, 0.6) is 0 Å². The van der Waals surface area contributed by atoms with E-state index in [0.29, 0.717) is 4.83 Å². The number of alkyl halides is 1. The second-order valence-electron chi connectivity index (χ2n) is 4.06. The Bertz CT molecular complexity index is 286. The number of halogens is 1. The fraction of sp³-hybridized carbons (Fsp3) is 0.615. The van der Waals surface area contributed by atoms with Crippen LogP contribution in [0.4, 0.5) is 0 Å². The van der Waals surface area contributed by atoms with E-state index in [-0.39, 0.29) is 0 Å². The molecule has 0 amide bonds. The van der Waals surface area contributed by atoms with Gasteiger partial charge in [0.25, 0.3) is 0 Å². The van der Waals surface area contributed by atoms with Crippen molar-refractivity contribution in [2.45, 2.75) is 50.8 Å². The van der Waals surface area contributed by atoms with E-state index in [1.807, 2.05) is 12.3 Å². The fourth-order valence-corrected chi connectivity index (χ4v) is 2.29. The monoisotopic (exact) mass is 269 g/mol. The Labute approximate surface area is 101 Å². The summed E-state index contributed by atoms with van der Waals surface area (Å²) in [5.74, 6) is 0. The molecular weight excluding hydrogens is 250 g/mol. The fourth-order valence-electron chi connectivity index (χ4n) is 1.66. The van der Waals surface area contributed by atoms with Gasteiger partial charge in [-0.25, -0.2) is 0 Å². The summed E-state index contributed by atoms with van der Waals surface area (Å²) in [5.41, 5.74) is 2.54. The van der Waals surface area contributed by atoms with Crippen LogP contribution in [0.25, 0.3) is 0 Å². The summed E-state index contributed by atoms with van der Waals surface area (Å²) in [7, 11) is 0. The van der Waals surface area contributed by atoms with Crippen LogP contribution < -0.4 is 0 Å². The van der Waals surface area contributed by atoms with Crippen molar-refractivity contribution in [3.05, 3.63) is 29.6 Å². The molecule has 0 fully saturated rings. The lowest BCUT2D eigenvalue weighted by Crippen LogP contribution is -2.05. The highest BCUT2D eigenvalue weighted by Crippen LogP contribution is 2.17. The van der Waals surface area contributed by atoms with Crippen LogP contribution in [-0.2, 0) is 6.42 Å². The first-order valence-corrected chi connectivity index (χ1v) is 6.70. The van der Waals surface area contributed by atoms with E-state index >= 15 is 0 Å². The molecule has 0 spiro atoms. The van der Waals surface area contributed by atoms with Crippen molar-refractivity contribution in [1.82, 2.24) is 4.98 Å². The molecule has 15 heavy (non-hydrogen) atoms. The van der Waals surface area contributed by atoms with Crippen LogP contribution in [0.2, 0.25) is 0 Å². The third-order valence-electron chi connectivity index (χ3n) is 2.65. The zero-order valence-electron chi connectivity index (χ0n) is 9.67. The molecule has 1 rings (SSSR count). The Morgan fingerprint density at radius 2 is 2.20 bits per heavy atom. The summed E-state index contributed by atoms with van der Waals surface area (Å²) in [6.07, 6.45) is 8.14. The maximum absolute atomic E-state index is 4.42. The summed E-state index contributed by atoms with van der Waals surface area (Å²) in [5, 5.41) is 0. The lowest BCUT2D eigenvalue weighted by molar-refractivity contribution is 0.643. The second-order valence-corrected chi connectivity index (χ2v) is 5.36. The van der Waals surface area contributed by atoms with E-state index in [9.17, 15) is 0 Å². The summed E-state index contributed by atoms with van der Waals surface area (Å²) < 4.78 is 0. The van der Waals surface area contributed by atoms with Gasteiger partial charge in [0, 0.05) is 23.1 Å². The van der Waals surface area contributed by atoms with Gasteiger partial charge in [-0.1, -0.05) is 48.2 Å². The Balaban J connectivity index is 2.37. The van der Waals surface area contributed by atoms with E-state index in [1.165, 1.54) is 36.9 Å². The van der Waals surface area contributed by atoms with Crippen LogP contribution in [0.1, 0.15) is 43.9 Å². The molecule has 0 aliphatic rings. The van der Waals surface area contributed by atoms with Crippen molar-refractivity contribution < 1.29 is 0 Å². The number of hydrogen-bond donors (Lipinski definition) is 0. The van der Waals surface area contributed by atoms with Crippen LogP contribution in [0.3, 0.4) is 0 Å². The number of aromatic nitrogens is 1. The molecule has 0 aliphatic heterocycles. The van der Waals surface area contributed by atoms with Crippen molar-refractivity contribution in [2.75, 3.05) is 0 Å². The Kier molecular flexibility index (Phi) is 5.92. The quantitative estimate of drug-likeness (QED) is 0.555. The average Bonchev–Trinajstić information content (AvgIpc) is 2.22. The Hall–Kier alpha value is -0.370. The number of rotatable bonds is 6. The smallest absolute Gasteiger partial charge is 0.0443 e. The van der Waals surface area contributed by atoms with E-state index in [2.05, 4.69) is 40.8 Å². The van der Waals surface area contributed by atoms with Gasteiger partial charge in [-0.15, -0.1) is 0 Å². The normalized spacial score (nSPS) is 12.7. The average molecular weight is 270 g/mol. The molecule has 0 N–H and O–H groups in total. The first-order chi connectivity index (χ1) is 7.24. The zero-order chi connectivity index (χ0) is 11.1. The van der Waals surface area contributed by atoms with Crippen molar-refractivity contribution >= 4 is 15.9 Å². The first-order valence-electron chi connectivity index (χ1n) is 5.78. The third-order valence-corrected chi connectivity index (χ3v) is 3.44. The maximum atomic E-state index is 4.42. The van der Waals surface area contributed by atoms with Gasteiger partial charge >= 0.3 is 0 Å². The lowest BCUT2D eigenvalue weighted by Gasteiger charge is -2.10. The minimum absolute atomic E-state index is 0.581. The molecule has 1 atom stereocenters. The second kappa shape index (κ2) is 7.00. The van der Waals surface area contributed by atoms with Crippen molar-refractivity contribution in [1.29, 1.82) is 0 Å². The van der Waals surface area contributed by atoms with Gasteiger partial charge in [0.2, 0.25) is 0 Å². The molecule has 0 bridgehead atoms. The molecule has 0 radical (unpaired) electrons. The van der Waals surface area contributed by atoms with Gasteiger partial charge < -0.3 is 0 Å². The Morgan fingerprint density at radius 1 is 1.40 bits per heavy atom. The van der Waals surface area contributed by atoms with E-state index in [0.717, 1.165) is 6.42 Å².